The van der Waals surface area contributed by atoms with Crippen molar-refractivity contribution in [3.63, 3.8) is 0 Å². The van der Waals surface area contributed by atoms with Crippen molar-refractivity contribution in [1.29, 1.82) is 0 Å². The first-order chi connectivity index (χ1) is 8.81. The zero-order valence-electron chi connectivity index (χ0n) is 9.55. The van der Waals surface area contributed by atoms with E-state index < -0.39 is 0 Å². The molecule has 0 saturated carbocycles. The van der Waals surface area contributed by atoms with Gasteiger partial charge in [0.1, 0.15) is 0 Å². The molecule has 0 N–H and O–H groups in total. The number of hydrogen-bond acceptors (Lipinski definition) is 3. The van der Waals surface area contributed by atoms with Crippen molar-refractivity contribution >= 4 is 22.5 Å². The van der Waals surface area contributed by atoms with Crippen molar-refractivity contribution < 1.29 is 0 Å². The molecule has 4 heteroatoms. The molecule has 18 heavy (non-hydrogen) atoms. The molecule has 0 aliphatic heterocycles. The van der Waals surface area contributed by atoms with E-state index in [1.165, 1.54) is 0 Å². The van der Waals surface area contributed by atoms with Gasteiger partial charge in [-0.3, -0.25) is 4.98 Å². The van der Waals surface area contributed by atoms with Gasteiger partial charge in [0.15, 0.2) is 5.15 Å². The van der Waals surface area contributed by atoms with Crippen LogP contribution in [0, 0.1) is 0 Å². The summed E-state index contributed by atoms with van der Waals surface area (Å²) >= 11 is 5.70. The highest BCUT2D eigenvalue weighted by Crippen LogP contribution is 2.14. The average molecular weight is 256 g/mol. The molecule has 3 aromatic rings. The SMILES string of the molecule is Clc1ccc(Cc2ccc3ccccc3n2)nn1. The van der Waals surface area contributed by atoms with Crippen LogP contribution < -0.4 is 0 Å². The Labute approximate surface area is 109 Å². The van der Waals surface area contributed by atoms with Crippen molar-refractivity contribution in [1.82, 2.24) is 15.2 Å². The Morgan fingerprint density at radius 3 is 2.50 bits per heavy atom. The third-order valence-electron chi connectivity index (χ3n) is 2.71. The Bertz CT molecular complexity index is 680. The van der Waals surface area contributed by atoms with E-state index in [9.17, 15) is 0 Å². The molecule has 3 rings (SSSR count). The first-order valence-corrected chi connectivity index (χ1v) is 6.02. The van der Waals surface area contributed by atoms with Gasteiger partial charge in [-0.2, -0.15) is 5.10 Å². The van der Waals surface area contributed by atoms with E-state index in [4.69, 9.17) is 11.6 Å². The van der Waals surface area contributed by atoms with Crippen LogP contribution in [-0.2, 0) is 6.42 Å². The highest BCUT2D eigenvalue weighted by molar-refractivity contribution is 6.29. The van der Waals surface area contributed by atoms with Crippen LogP contribution in [0.4, 0.5) is 0 Å². The van der Waals surface area contributed by atoms with Crippen LogP contribution in [0.25, 0.3) is 10.9 Å². The molecule has 1 aromatic carbocycles. The van der Waals surface area contributed by atoms with Gasteiger partial charge >= 0.3 is 0 Å². The van der Waals surface area contributed by atoms with Gasteiger partial charge in [0.2, 0.25) is 0 Å². The van der Waals surface area contributed by atoms with E-state index >= 15 is 0 Å². The van der Waals surface area contributed by atoms with Gasteiger partial charge in [0, 0.05) is 17.5 Å². The molecule has 0 spiro atoms. The minimum Gasteiger partial charge on any atom is -0.252 e. The minimum atomic E-state index is 0.408. The zero-order chi connectivity index (χ0) is 12.4. The first kappa shape index (κ1) is 11.1. The van der Waals surface area contributed by atoms with E-state index in [0.29, 0.717) is 11.6 Å². The quantitative estimate of drug-likeness (QED) is 0.705. The maximum Gasteiger partial charge on any atom is 0.151 e. The fraction of sp³-hybridized carbons (Fsp3) is 0.0714. The maximum absolute atomic E-state index is 5.70. The van der Waals surface area contributed by atoms with E-state index in [1.54, 1.807) is 6.07 Å². The van der Waals surface area contributed by atoms with Gasteiger partial charge in [0.25, 0.3) is 0 Å². The van der Waals surface area contributed by atoms with Crippen LogP contribution in [0.3, 0.4) is 0 Å². The maximum atomic E-state index is 5.70. The van der Waals surface area contributed by atoms with Gasteiger partial charge in [-0.05, 0) is 24.3 Å². The molecule has 3 nitrogen and oxygen atoms in total. The number of pyridine rings is 1. The normalized spacial score (nSPS) is 10.7. The second kappa shape index (κ2) is 4.70. The van der Waals surface area contributed by atoms with Crippen LogP contribution in [0.5, 0.6) is 0 Å². The zero-order valence-corrected chi connectivity index (χ0v) is 10.3. The molecule has 0 atom stereocenters. The van der Waals surface area contributed by atoms with Crippen molar-refractivity contribution in [3.8, 4) is 0 Å². The molecule has 0 unspecified atom stereocenters. The smallest absolute Gasteiger partial charge is 0.151 e. The molecule has 88 valence electrons. The number of aromatic nitrogens is 3. The van der Waals surface area contributed by atoms with Crippen molar-refractivity contribution in [2.75, 3.05) is 0 Å². The Morgan fingerprint density at radius 1 is 0.833 bits per heavy atom. The molecular formula is C14H10ClN3. The van der Waals surface area contributed by atoms with Crippen molar-refractivity contribution in [3.05, 3.63) is 65.1 Å². The lowest BCUT2D eigenvalue weighted by atomic mass is 10.1. The summed E-state index contributed by atoms with van der Waals surface area (Å²) in [5, 5.41) is 9.41. The summed E-state index contributed by atoms with van der Waals surface area (Å²) in [6, 6.07) is 15.7. The van der Waals surface area contributed by atoms with E-state index in [0.717, 1.165) is 22.3 Å². The van der Waals surface area contributed by atoms with Crippen LogP contribution in [0.15, 0.2) is 48.5 Å². The molecule has 0 amide bonds. The summed E-state index contributed by atoms with van der Waals surface area (Å²) in [4.78, 5) is 4.59. The van der Waals surface area contributed by atoms with Crippen LogP contribution in [0.1, 0.15) is 11.4 Å². The highest BCUT2D eigenvalue weighted by atomic mass is 35.5. The number of benzene rings is 1. The molecule has 0 fully saturated rings. The highest BCUT2D eigenvalue weighted by Gasteiger charge is 2.01. The molecule has 0 bridgehead atoms. The molecular weight excluding hydrogens is 246 g/mol. The second-order valence-electron chi connectivity index (χ2n) is 4.02. The van der Waals surface area contributed by atoms with Gasteiger partial charge in [-0.15, -0.1) is 5.10 Å². The fourth-order valence-corrected chi connectivity index (χ4v) is 1.93. The summed E-state index contributed by atoms with van der Waals surface area (Å²) in [5.74, 6) is 0. The van der Waals surface area contributed by atoms with Crippen LogP contribution in [0.2, 0.25) is 5.15 Å². The number of rotatable bonds is 2. The second-order valence-corrected chi connectivity index (χ2v) is 4.41. The summed E-state index contributed by atoms with van der Waals surface area (Å²) in [6.45, 7) is 0. The van der Waals surface area contributed by atoms with Crippen LogP contribution in [-0.4, -0.2) is 15.2 Å². The molecule has 0 aliphatic carbocycles. The van der Waals surface area contributed by atoms with Gasteiger partial charge in [-0.1, -0.05) is 35.9 Å². The van der Waals surface area contributed by atoms with E-state index in [1.807, 2.05) is 36.4 Å². The third-order valence-corrected chi connectivity index (χ3v) is 2.91. The lowest BCUT2D eigenvalue weighted by Crippen LogP contribution is -1.96. The summed E-state index contributed by atoms with van der Waals surface area (Å²) in [7, 11) is 0. The molecule has 0 saturated heterocycles. The largest absolute Gasteiger partial charge is 0.252 e. The van der Waals surface area contributed by atoms with Crippen molar-refractivity contribution in [2.24, 2.45) is 0 Å². The van der Waals surface area contributed by atoms with Gasteiger partial charge in [0.05, 0.1) is 11.2 Å². The Hall–Kier alpha value is -2.00. The number of halogens is 1. The summed E-state index contributed by atoms with van der Waals surface area (Å²) in [6.07, 6.45) is 0.662. The predicted molar refractivity (Wildman–Crippen MR) is 71.6 cm³/mol. The number of para-hydroxylation sites is 1. The predicted octanol–water partition coefficient (Wildman–Crippen LogP) is 3.27. The topological polar surface area (TPSA) is 38.7 Å². The molecule has 2 aromatic heterocycles. The third kappa shape index (κ3) is 2.31. The molecule has 0 radical (unpaired) electrons. The Balaban J connectivity index is 1.92. The number of fused-ring (bicyclic) bond motifs is 1. The summed E-state index contributed by atoms with van der Waals surface area (Å²) < 4.78 is 0. The lowest BCUT2D eigenvalue weighted by Gasteiger charge is -2.02. The van der Waals surface area contributed by atoms with E-state index in [-0.39, 0.29) is 0 Å². The molecule has 2 heterocycles. The van der Waals surface area contributed by atoms with Crippen LogP contribution >= 0.6 is 11.6 Å². The van der Waals surface area contributed by atoms with E-state index in [2.05, 4.69) is 21.2 Å². The molecule has 0 aliphatic rings. The van der Waals surface area contributed by atoms with Crippen molar-refractivity contribution in [2.45, 2.75) is 6.42 Å². The first-order valence-electron chi connectivity index (χ1n) is 5.64. The van der Waals surface area contributed by atoms with Gasteiger partial charge < -0.3 is 0 Å². The van der Waals surface area contributed by atoms with Gasteiger partial charge in [-0.25, -0.2) is 0 Å². The average Bonchev–Trinajstić information content (AvgIpc) is 2.41. The minimum absolute atomic E-state index is 0.408. The lowest BCUT2D eigenvalue weighted by molar-refractivity contribution is 0.922. The number of nitrogens with zero attached hydrogens (tertiary/aromatic N) is 3. The number of hydrogen-bond donors (Lipinski definition) is 0. The summed E-state index contributed by atoms with van der Waals surface area (Å²) in [5.41, 5.74) is 2.84. The monoisotopic (exact) mass is 255 g/mol. The standard InChI is InChI=1S/C14H10ClN3/c15-14-8-7-12(17-18-14)9-11-6-5-10-3-1-2-4-13(10)16-11/h1-8H,9H2. The Morgan fingerprint density at radius 2 is 1.67 bits per heavy atom. The fourth-order valence-electron chi connectivity index (χ4n) is 1.83. The Kier molecular flexibility index (Phi) is 2.90.